The highest BCUT2D eigenvalue weighted by atomic mass is 32.1. The highest BCUT2D eigenvalue weighted by Crippen LogP contribution is 2.10. The van der Waals surface area contributed by atoms with E-state index in [9.17, 15) is 0 Å². The van der Waals surface area contributed by atoms with Gasteiger partial charge in [0.25, 0.3) is 0 Å². The summed E-state index contributed by atoms with van der Waals surface area (Å²) in [6, 6.07) is 0.498. The Kier molecular flexibility index (Phi) is 4.55. The third-order valence-corrected chi connectivity index (χ3v) is 2.22. The Morgan fingerprint density at radius 3 is 2.73 bits per heavy atom. The lowest BCUT2D eigenvalue weighted by Crippen LogP contribution is -2.41. The van der Waals surface area contributed by atoms with Crippen molar-refractivity contribution >= 4 is 17.3 Å². The standard InChI is InChI=1S/C10H18N4S/c1-4-8(9-11-5-6-12-9)14-10(15)13-7(2)3/h5-8H,4H2,1-3H3,(H,11,12)(H2,13,14,15). The summed E-state index contributed by atoms with van der Waals surface area (Å²) < 4.78 is 0. The number of rotatable bonds is 4. The van der Waals surface area contributed by atoms with E-state index < -0.39 is 0 Å². The fourth-order valence-corrected chi connectivity index (χ4v) is 1.67. The lowest BCUT2D eigenvalue weighted by molar-refractivity contribution is 0.578. The summed E-state index contributed by atoms with van der Waals surface area (Å²) in [5, 5.41) is 7.05. The van der Waals surface area contributed by atoms with Gasteiger partial charge in [-0.25, -0.2) is 4.98 Å². The van der Waals surface area contributed by atoms with Crippen LogP contribution in [0.4, 0.5) is 0 Å². The summed E-state index contributed by atoms with van der Waals surface area (Å²) in [5.74, 6) is 0.922. The van der Waals surface area contributed by atoms with Crippen molar-refractivity contribution in [1.82, 2.24) is 20.6 Å². The molecule has 0 aliphatic rings. The summed E-state index contributed by atoms with van der Waals surface area (Å²) >= 11 is 5.18. The number of H-pyrrole nitrogens is 1. The van der Waals surface area contributed by atoms with Gasteiger partial charge in [-0.2, -0.15) is 0 Å². The van der Waals surface area contributed by atoms with Crippen LogP contribution in [0.2, 0.25) is 0 Å². The van der Waals surface area contributed by atoms with Gasteiger partial charge >= 0.3 is 0 Å². The molecule has 5 heteroatoms. The zero-order valence-electron chi connectivity index (χ0n) is 9.37. The average Bonchev–Trinajstić information content (AvgIpc) is 2.65. The van der Waals surface area contributed by atoms with Gasteiger partial charge in [-0.3, -0.25) is 0 Å². The Bertz CT molecular complexity index is 294. The SMILES string of the molecule is CCC(NC(=S)NC(C)C)c1ncc[nH]1. The predicted molar refractivity (Wildman–Crippen MR) is 65.6 cm³/mol. The predicted octanol–water partition coefficient (Wildman–Crippen LogP) is 1.73. The molecule has 0 aliphatic heterocycles. The van der Waals surface area contributed by atoms with Gasteiger partial charge in [-0.15, -0.1) is 0 Å². The first-order chi connectivity index (χ1) is 7.13. The van der Waals surface area contributed by atoms with Crippen molar-refractivity contribution in [2.75, 3.05) is 0 Å². The summed E-state index contributed by atoms with van der Waals surface area (Å²) in [4.78, 5) is 7.30. The molecule has 1 rings (SSSR count). The van der Waals surface area contributed by atoms with Crippen molar-refractivity contribution in [1.29, 1.82) is 0 Å². The number of imidazole rings is 1. The molecule has 1 atom stereocenters. The van der Waals surface area contributed by atoms with Gasteiger partial charge in [0.05, 0.1) is 6.04 Å². The minimum Gasteiger partial charge on any atom is -0.361 e. The molecule has 1 aromatic rings. The second kappa shape index (κ2) is 5.70. The van der Waals surface area contributed by atoms with E-state index in [0.717, 1.165) is 12.2 Å². The van der Waals surface area contributed by atoms with E-state index in [4.69, 9.17) is 12.2 Å². The molecule has 1 unspecified atom stereocenters. The van der Waals surface area contributed by atoms with Crippen LogP contribution in [0, 0.1) is 0 Å². The molecule has 4 nitrogen and oxygen atoms in total. The highest BCUT2D eigenvalue weighted by molar-refractivity contribution is 7.80. The Balaban J connectivity index is 2.51. The molecule has 0 aliphatic carbocycles. The lowest BCUT2D eigenvalue weighted by atomic mass is 10.2. The van der Waals surface area contributed by atoms with Gasteiger partial charge in [-0.1, -0.05) is 6.92 Å². The minimum absolute atomic E-state index is 0.152. The summed E-state index contributed by atoms with van der Waals surface area (Å²) in [5.41, 5.74) is 0. The number of nitrogens with one attached hydrogen (secondary N) is 3. The molecule has 0 spiro atoms. The summed E-state index contributed by atoms with van der Waals surface area (Å²) in [6.45, 7) is 6.21. The van der Waals surface area contributed by atoms with E-state index in [1.807, 2.05) is 6.20 Å². The van der Waals surface area contributed by atoms with Crippen LogP contribution in [0.15, 0.2) is 12.4 Å². The van der Waals surface area contributed by atoms with Gasteiger partial charge in [0.1, 0.15) is 5.82 Å². The number of thiocarbonyl (C=S) groups is 1. The molecule has 84 valence electrons. The van der Waals surface area contributed by atoms with E-state index in [-0.39, 0.29) is 6.04 Å². The van der Waals surface area contributed by atoms with E-state index >= 15 is 0 Å². The molecule has 15 heavy (non-hydrogen) atoms. The maximum Gasteiger partial charge on any atom is 0.167 e. The van der Waals surface area contributed by atoms with E-state index in [1.165, 1.54) is 0 Å². The molecule has 3 N–H and O–H groups in total. The number of nitrogens with zero attached hydrogens (tertiary/aromatic N) is 1. The number of aromatic nitrogens is 2. The van der Waals surface area contributed by atoms with Crippen LogP contribution in [-0.2, 0) is 0 Å². The van der Waals surface area contributed by atoms with E-state index in [1.54, 1.807) is 6.20 Å². The third-order valence-electron chi connectivity index (χ3n) is 1.98. The maximum atomic E-state index is 5.18. The second-order valence-corrected chi connectivity index (χ2v) is 4.12. The van der Waals surface area contributed by atoms with Crippen LogP contribution in [0.1, 0.15) is 39.1 Å². The molecular weight excluding hydrogens is 208 g/mol. The van der Waals surface area contributed by atoms with Crippen LogP contribution in [0.5, 0.6) is 0 Å². The molecule has 0 bridgehead atoms. The van der Waals surface area contributed by atoms with Gasteiger partial charge < -0.3 is 15.6 Å². The second-order valence-electron chi connectivity index (χ2n) is 3.71. The number of hydrogen-bond donors (Lipinski definition) is 3. The molecule has 0 amide bonds. The van der Waals surface area contributed by atoms with Crippen LogP contribution in [0.3, 0.4) is 0 Å². The van der Waals surface area contributed by atoms with Crippen LogP contribution in [0.25, 0.3) is 0 Å². The summed E-state index contributed by atoms with van der Waals surface area (Å²) in [7, 11) is 0. The van der Waals surface area contributed by atoms with Crippen molar-refractivity contribution < 1.29 is 0 Å². The largest absolute Gasteiger partial charge is 0.361 e. The number of hydrogen-bond acceptors (Lipinski definition) is 2. The molecule has 0 radical (unpaired) electrons. The molecule has 0 saturated heterocycles. The average molecular weight is 226 g/mol. The lowest BCUT2D eigenvalue weighted by Gasteiger charge is -2.19. The first kappa shape index (κ1) is 12.0. The first-order valence-corrected chi connectivity index (χ1v) is 5.60. The number of aromatic amines is 1. The van der Waals surface area contributed by atoms with E-state index in [2.05, 4.69) is 41.4 Å². The normalized spacial score (nSPS) is 12.5. The minimum atomic E-state index is 0.152. The molecule has 0 aromatic carbocycles. The fourth-order valence-electron chi connectivity index (χ4n) is 1.29. The molecule has 0 fully saturated rings. The van der Waals surface area contributed by atoms with Crippen molar-refractivity contribution in [2.45, 2.75) is 39.3 Å². The molecule has 1 aromatic heterocycles. The fraction of sp³-hybridized carbons (Fsp3) is 0.600. The zero-order chi connectivity index (χ0) is 11.3. The molecule has 0 saturated carbocycles. The zero-order valence-corrected chi connectivity index (χ0v) is 10.2. The Morgan fingerprint density at radius 1 is 1.53 bits per heavy atom. The molecule has 1 heterocycles. The Labute approximate surface area is 95.9 Å². The monoisotopic (exact) mass is 226 g/mol. The summed E-state index contributed by atoms with van der Waals surface area (Å²) in [6.07, 6.45) is 4.50. The Morgan fingerprint density at radius 2 is 2.27 bits per heavy atom. The first-order valence-electron chi connectivity index (χ1n) is 5.19. The van der Waals surface area contributed by atoms with Gasteiger partial charge in [0.2, 0.25) is 0 Å². The van der Waals surface area contributed by atoms with Crippen molar-refractivity contribution in [3.05, 3.63) is 18.2 Å². The quantitative estimate of drug-likeness (QED) is 0.684. The maximum absolute atomic E-state index is 5.18. The smallest absolute Gasteiger partial charge is 0.167 e. The van der Waals surface area contributed by atoms with Gasteiger partial charge in [-0.05, 0) is 32.5 Å². The highest BCUT2D eigenvalue weighted by Gasteiger charge is 2.12. The van der Waals surface area contributed by atoms with Crippen molar-refractivity contribution in [2.24, 2.45) is 0 Å². The van der Waals surface area contributed by atoms with Crippen LogP contribution >= 0.6 is 12.2 Å². The van der Waals surface area contributed by atoms with E-state index in [0.29, 0.717) is 11.2 Å². The third kappa shape index (κ3) is 3.87. The van der Waals surface area contributed by atoms with Gasteiger partial charge in [0, 0.05) is 18.4 Å². The van der Waals surface area contributed by atoms with Crippen molar-refractivity contribution in [3.8, 4) is 0 Å². The van der Waals surface area contributed by atoms with Crippen molar-refractivity contribution in [3.63, 3.8) is 0 Å². The molecular formula is C10H18N4S. The van der Waals surface area contributed by atoms with Gasteiger partial charge in [0.15, 0.2) is 5.11 Å². The Hall–Kier alpha value is -1.10. The topological polar surface area (TPSA) is 52.7 Å². The van der Waals surface area contributed by atoms with Crippen LogP contribution < -0.4 is 10.6 Å². The van der Waals surface area contributed by atoms with Crippen LogP contribution in [-0.4, -0.2) is 21.1 Å².